The van der Waals surface area contributed by atoms with Gasteiger partial charge >= 0.3 is 0 Å². The average molecular weight is 161 g/mol. The van der Waals surface area contributed by atoms with Crippen LogP contribution in [0.5, 0.6) is 0 Å². The Labute approximate surface area is 68.8 Å². The van der Waals surface area contributed by atoms with Gasteiger partial charge in [-0.15, -0.1) is 0 Å². The Bertz CT molecular complexity index is 84.1. The van der Waals surface area contributed by atoms with Crippen LogP contribution in [0.15, 0.2) is 0 Å². The highest BCUT2D eigenvalue weighted by Crippen LogP contribution is 2.01. The Morgan fingerprint density at radius 1 is 1.45 bits per heavy atom. The Morgan fingerprint density at radius 3 is 2.55 bits per heavy atom. The molecule has 0 aliphatic heterocycles. The van der Waals surface area contributed by atoms with Gasteiger partial charge in [0, 0.05) is 13.2 Å². The lowest BCUT2D eigenvalue weighted by Gasteiger charge is -2.22. The minimum Gasteiger partial charge on any atom is -0.386 e. The fraction of sp³-hybridized carbons (Fsp3) is 1.00. The van der Waals surface area contributed by atoms with E-state index in [1.54, 1.807) is 6.92 Å². The molecule has 68 valence electrons. The zero-order valence-electron chi connectivity index (χ0n) is 7.68. The molecule has 3 nitrogen and oxygen atoms in total. The summed E-state index contributed by atoms with van der Waals surface area (Å²) in [4.78, 5) is 0. The van der Waals surface area contributed by atoms with Crippen molar-refractivity contribution in [3.8, 4) is 0 Å². The van der Waals surface area contributed by atoms with Gasteiger partial charge in [-0.2, -0.15) is 0 Å². The summed E-state index contributed by atoms with van der Waals surface area (Å²) < 4.78 is 5.11. The Morgan fingerprint density at radius 2 is 2.09 bits per heavy atom. The second-order valence-electron chi connectivity index (χ2n) is 2.91. The van der Waals surface area contributed by atoms with Crippen LogP contribution in [-0.4, -0.2) is 37.0 Å². The predicted molar refractivity (Wildman–Crippen MR) is 45.7 cm³/mol. The fourth-order valence-corrected chi connectivity index (χ4v) is 0.767. The van der Waals surface area contributed by atoms with Crippen LogP contribution in [0.2, 0.25) is 0 Å². The molecule has 1 unspecified atom stereocenters. The summed E-state index contributed by atoms with van der Waals surface area (Å²) in [5.74, 6) is 0. The molecule has 0 radical (unpaired) electrons. The van der Waals surface area contributed by atoms with Gasteiger partial charge in [-0.05, 0) is 20.4 Å². The Hall–Kier alpha value is -0.120. The van der Waals surface area contributed by atoms with Crippen molar-refractivity contribution in [3.63, 3.8) is 0 Å². The van der Waals surface area contributed by atoms with Crippen molar-refractivity contribution in [2.75, 3.05) is 26.3 Å². The molecule has 0 aliphatic rings. The molecule has 0 aliphatic carbocycles. The van der Waals surface area contributed by atoms with Gasteiger partial charge < -0.3 is 15.2 Å². The van der Waals surface area contributed by atoms with E-state index >= 15 is 0 Å². The molecule has 11 heavy (non-hydrogen) atoms. The second-order valence-corrected chi connectivity index (χ2v) is 2.91. The number of likely N-dealkylation sites (N-methyl/N-ethyl adjacent to an activating group) is 1. The summed E-state index contributed by atoms with van der Waals surface area (Å²) in [6.07, 6.45) is 0. The number of hydrogen-bond donors (Lipinski definition) is 2. The Balaban J connectivity index is 3.43. The maximum absolute atomic E-state index is 9.59. The fourth-order valence-electron chi connectivity index (χ4n) is 0.767. The standard InChI is InChI=1S/C8H19NO2/c1-4-9-6-8(3,10)7-11-5-2/h9-10H,4-7H2,1-3H3. The third-order valence-electron chi connectivity index (χ3n) is 1.37. The summed E-state index contributed by atoms with van der Waals surface area (Å²) in [5, 5.41) is 12.7. The molecule has 0 heterocycles. The quantitative estimate of drug-likeness (QED) is 0.592. The van der Waals surface area contributed by atoms with Crippen LogP contribution >= 0.6 is 0 Å². The minimum absolute atomic E-state index is 0.399. The molecule has 0 saturated heterocycles. The molecule has 2 N–H and O–H groups in total. The molecule has 0 bridgehead atoms. The molecule has 0 saturated carbocycles. The molecule has 3 heteroatoms. The van der Waals surface area contributed by atoms with Gasteiger partial charge in [0.2, 0.25) is 0 Å². The summed E-state index contributed by atoms with van der Waals surface area (Å²) in [6, 6.07) is 0. The van der Waals surface area contributed by atoms with Crippen LogP contribution in [-0.2, 0) is 4.74 Å². The van der Waals surface area contributed by atoms with Gasteiger partial charge in [0.05, 0.1) is 12.2 Å². The zero-order chi connectivity index (χ0) is 8.74. The van der Waals surface area contributed by atoms with Crippen LogP contribution in [0.1, 0.15) is 20.8 Å². The normalized spacial score (nSPS) is 16.4. The first-order chi connectivity index (χ1) is 5.12. The van der Waals surface area contributed by atoms with E-state index in [2.05, 4.69) is 5.32 Å². The van der Waals surface area contributed by atoms with Gasteiger partial charge in [0.1, 0.15) is 0 Å². The monoisotopic (exact) mass is 161 g/mol. The van der Waals surface area contributed by atoms with E-state index in [0.29, 0.717) is 19.8 Å². The molecular weight excluding hydrogens is 142 g/mol. The number of rotatable bonds is 6. The van der Waals surface area contributed by atoms with E-state index in [1.165, 1.54) is 0 Å². The molecular formula is C8H19NO2. The molecule has 0 aromatic carbocycles. The van der Waals surface area contributed by atoms with Crippen LogP contribution in [0.25, 0.3) is 0 Å². The van der Waals surface area contributed by atoms with Crippen molar-refractivity contribution in [3.05, 3.63) is 0 Å². The largest absolute Gasteiger partial charge is 0.386 e. The minimum atomic E-state index is -0.730. The van der Waals surface area contributed by atoms with E-state index in [9.17, 15) is 5.11 Å². The number of ether oxygens (including phenoxy) is 1. The molecule has 0 spiro atoms. The smallest absolute Gasteiger partial charge is 0.0975 e. The first-order valence-corrected chi connectivity index (χ1v) is 4.13. The Kier molecular flexibility index (Phi) is 5.46. The summed E-state index contributed by atoms with van der Waals surface area (Å²) in [5.41, 5.74) is -0.730. The van der Waals surface area contributed by atoms with E-state index in [1.807, 2.05) is 13.8 Å². The third-order valence-corrected chi connectivity index (χ3v) is 1.37. The molecule has 1 atom stereocenters. The van der Waals surface area contributed by atoms with Crippen LogP contribution in [0.4, 0.5) is 0 Å². The lowest BCUT2D eigenvalue weighted by atomic mass is 10.1. The van der Waals surface area contributed by atoms with Crippen molar-refractivity contribution in [2.24, 2.45) is 0 Å². The van der Waals surface area contributed by atoms with E-state index in [-0.39, 0.29) is 0 Å². The first kappa shape index (κ1) is 10.9. The lowest BCUT2D eigenvalue weighted by molar-refractivity contribution is -0.0285. The van der Waals surface area contributed by atoms with Gasteiger partial charge in [-0.1, -0.05) is 6.92 Å². The topological polar surface area (TPSA) is 41.5 Å². The maximum Gasteiger partial charge on any atom is 0.0975 e. The molecule has 0 rings (SSSR count). The van der Waals surface area contributed by atoms with Gasteiger partial charge in [0.15, 0.2) is 0 Å². The molecule has 0 fully saturated rings. The van der Waals surface area contributed by atoms with Crippen molar-refractivity contribution < 1.29 is 9.84 Å². The lowest BCUT2D eigenvalue weighted by Crippen LogP contribution is -2.41. The predicted octanol–water partition coefficient (Wildman–Crippen LogP) is 0.383. The molecule has 0 aromatic rings. The molecule has 0 amide bonds. The van der Waals surface area contributed by atoms with Gasteiger partial charge in [-0.3, -0.25) is 0 Å². The van der Waals surface area contributed by atoms with Gasteiger partial charge in [0.25, 0.3) is 0 Å². The third kappa shape index (κ3) is 6.28. The summed E-state index contributed by atoms with van der Waals surface area (Å²) >= 11 is 0. The van der Waals surface area contributed by atoms with Crippen molar-refractivity contribution >= 4 is 0 Å². The number of hydrogen-bond acceptors (Lipinski definition) is 3. The van der Waals surface area contributed by atoms with Crippen molar-refractivity contribution in [2.45, 2.75) is 26.4 Å². The van der Waals surface area contributed by atoms with Crippen molar-refractivity contribution in [1.29, 1.82) is 0 Å². The van der Waals surface area contributed by atoms with Crippen LogP contribution in [0, 0.1) is 0 Å². The van der Waals surface area contributed by atoms with Crippen molar-refractivity contribution in [1.82, 2.24) is 5.32 Å². The average Bonchev–Trinajstić information content (AvgIpc) is 1.97. The summed E-state index contributed by atoms with van der Waals surface area (Å²) in [6.45, 7) is 8.22. The number of nitrogens with one attached hydrogen (secondary N) is 1. The maximum atomic E-state index is 9.59. The number of aliphatic hydroxyl groups is 1. The summed E-state index contributed by atoms with van der Waals surface area (Å²) in [7, 11) is 0. The zero-order valence-corrected chi connectivity index (χ0v) is 7.68. The SMILES string of the molecule is CCNCC(C)(O)COCC. The van der Waals surface area contributed by atoms with Gasteiger partial charge in [-0.25, -0.2) is 0 Å². The highest BCUT2D eigenvalue weighted by Gasteiger charge is 2.18. The highest BCUT2D eigenvalue weighted by atomic mass is 16.5. The molecule has 0 aromatic heterocycles. The van der Waals surface area contributed by atoms with E-state index < -0.39 is 5.60 Å². The first-order valence-electron chi connectivity index (χ1n) is 4.13. The van der Waals surface area contributed by atoms with E-state index in [4.69, 9.17) is 4.74 Å². The highest BCUT2D eigenvalue weighted by molar-refractivity contribution is 4.74. The van der Waals surface area contributed by atoms with Crippen LogP contribution in [0.3, 0.4) is 0 Å². The van der Waals surface area contributed by atoms with E-state index in [0.717, 1.165) is 6.54 Å². The van der Waals surface area contributed by atoms with Crippen LogP contribution < -0.4 is 5.32 Å². The second kappa shape index (κ2) is 5.52.